The van der Waals surface area contributed by atoms with Crippen LogP contribution in [0.3, 0.4) is 0 Å². The van der Waals surface area contributed by atoms with Crippen LogP contribution in [-0.4, -0.2) is 22.8 Å². The molecule has 2 atom stereocenters. The van der Waals surface area contributed by atoms with Gasteiger partial charge in [-0.05, 0) is 22.3 Å². The maximum absolute atomic E-state index is 13.3. The number of nitrogens with zero attached hydrogens (tertiary/aromatic N) is 2. The summed E-state index contributed by atoms with van der Waals surface area (Å²) in [4.78, 5) is 0. The molecule has 0 bridgehead atoms. The third-order valence-electron chi connectivity index (χ3n) is 3.95. The van der Waals surface area contributed by atoms with E-state index in [-0.39, 0.29) is 5.57 Å². The fourth-order valence-electron chi connectivity index (χ4n) is 2.94. The van der Waals surface area contributed by atoms with Crippen molar-refractivity contribution in [3.63, 3.8) is 0 Å². The van der Waals surface area contributed by atoms with Crippen molar-refractivity contribution < 1.29 is 17.9 Å². The van der Waals surface area contributed by atoms with Crippen molar-refractivity contribution >= 4 is 5.57 Å². The highest BCUT2D eigenvalue weighted by Gasteiger charge is 2.38. The Kier molecular flexibility index (Phi) is 4.78. The van der Waals surface area contributed by atoms with Gasteiger partial charge in [0.1, 0.15) is 12.1 Å². The Labute approximate surface area is 136 Å². The number of halogens is 4. The molecule has 0 saturated heterocycles. The van der Waals surface area contributed by atoms with Crippen molar-refractivity contribution in [2.24, 2.45) is 0 Å². The molecule has 1 aliphatic rings. The van der Waals surface area contributed by atoms with E-state index in [2.05, 4.69) is 0 Å². The standard InChI is InChI=1S/C18H14F4N2/c19-23(20)15-11-12-16(24(21)22)18(15)17(13-7-3-1-4-8-13)14-9-5-2-6-10-14/h1-12,15-16H/t15-,16-/m1/s1. The van der Waals surface area contributed by atoms with Gasteiger partial charge in [0.15, 0.2) is 0 Å². The summed E-state index contributed by atoms with van der Waals surface area (Å²) in [5.41, 5.74) is 1.56. The molecule has 0 fully saturated rings. The van der Waals surface area contributed by atoms with Gasteiger partial charge in [-0.2, -0.15) is 0 Å². The van der Waals surface area contributed by atoms with E-state index in [9.17, 15) is 17.9 Å². The molecule has 6 heteroatoms. The fraction of sp³-hybridized carbons (Fsp3) is 0.111. The van der Waals surface area contributed by atoms with E-state index in [0.717, 1.165) is 12.2 Å². The van der Waals surface area contributed by atoms with Crippen LogP contribution in [0.2, 0.25) is 0 Å². The van der Waals surface area contributed by atoms with Crippen LogP contribution < -0.4 is 0 Å². The van der Waals surface area contributed by atoms with E-state index in [1.165, 1.54) is 0 Å². The zero-order valence-electron chi connectivity index (χ0n) is 12.5. The lowest BCUT2D eigenvalue weighted by Crippen LogP contribution is -2.29. The van der Waals surface area contributed by atoms with Crippen LogP contribution in [0.1, 0.15) is 11.1 Å². The van der Waals surface area contributed by atoms with E-state index in [4.69, 9.17) is 0 Å². The number of hydrogen-bond acceptors (Lipinski definition) is 2. The van der Waals surface area contributed by atoms with Gasteiger partial charge in [0.05, 0.1) is 0 Å². The van der Waals surface area contributed by atoms with E-state index in [0.29, 0.717) is 16.7 Å². The third-order valence-corrected chi connectivity index (χ3v) is 3.95. The Morgan fingerprint density at radius 1 is 0.625 bits per heavy atom. The van der Waals surface area contributed by atoms with E-state index in [1.807, 2.05) is 0 Å². The van der Waals surface area contributed by atoms with Crippen LogP contribution in [0, 0.1) is 0 Å². The van der Waals surface area contributed by atoms with E-state index < -0.39 is 22.8 Å². The zero-order chi connectivity index (χ0) is 17.1. The lowest BCUT2D eigenvalue weighted by molar-refractivity contribution is -0.181. The number of rotatable bonds is 4. The average molecular weight is 334 g/mol. The first-order valence-corrected chi connectivity index (χ1v) is 7.34. The zero-order valence-corrected chi connectivity index (χ0v) is 12.5. The molecule has 0 amide bonds. The van der Waals surface area contributed by atoms with Crippen LogP contribution in [0.15, 0.2) is 78.4 Å². The molecule has 0 spiro atoms. The normalized spacial score (nSPS) is 20.2. The molecule has 0 heterocycles. The molecule has 24 heavy (non-hydrogen) atoms. The van der Waals surface area contributed by atoms with Crippen molar-refractivity contribution in [3.8, 4) is 0 Å². The van der Waals surface area contributed by atoms with Gasteiger partial charge < -0.3 is 0 Å². The van der Waals surface area contributed by atoms with Gasteiger partial charge in [0.2, 0.25) is 0 Å². The molecule has 0 unspecified atom stereocenters. The molecule has 0 N–H and O–H groups in total. The molecule has 2 nitrogen and oxygen atoms in total. The lowest BCUT2D eigenvalue weighted by Gasteiger charge is -2.23. The summed E-state index contributed by atoms with van der Waals surface area (Å²) in [5.74, 6) is 0. The predicted octanol–water partition coefficient (Wildman–Crippen LogP) is 4.94. The maximum Gasteiger partial charge on any atom is 0.115 e. The monoisotopic (exact) mass is 334 g/mol. The van der Waals surface area contributed by atoms with Gasteiger partial charge in [0.25, 0.3) is 0 Å². The first-order chi connectivity index (χ1) is 11.6. The Bertz CT molecular complexity index is 681. The summed E-state index contributed by atoms with van der Waals surface area (Å²) >= 11 is 0. The second-order valence-electron chi connectivity index (χ2n) is 5.36. The number of benzene rings is 2. The van der Waals surface area contributed by atoms with Gasteiger partial charge in [-0.3, -0.25) is 0 Å². The molecule has 124 valence electrons. The van der Waals surface area contributed by atoms with Crippen molar-refractivity contribution in [2.45, 2.75) is 12.1 Å². The first kappa shape index (κ1) is 16.4. The Balaban J connectivity index is 2.27. The minimum absolute atomic E-state index is 0.0533. The molecule has 0 radical (unpaired) electrons. The van der Waals surface area contributed by atoms with E-state index >= 15 is 0 Å². The highest BCUT2D eigenvalue weighted by molar-refractivity contribution is 5.84. The summed E-state index contributed by atoms with van der Waals surface area (Å²) in [5, 5.41) is -2.08. The van der Waals surface area contributed by atoms with Crippen molar-refractivity contribution in [1.82, 2.24) is 10.7 Å². The lowest BCUT2D eigenvalue weighted by atomic mass is 9.89. The summed E-state index contributed by atoms with van der Waals surface area (Å²) < 4.78 is 53.2. The quantitative estimate of drug-likeness (QED) is 0.444. The second-order valence-corrected chi connectivity index (χ2v) is 5.36. The Morgan fingerprint density at radius 2 is 1.00 bits per heavy atom. The molecular formula is C18H14F4N2. The molecule has 2 aromatic carbocycles. The highest BCUT2D eigenvalue weighted by atomic mass is 19.4. The summed E-state index contributed by atoms with van der Waals surface area (Å²) in [6.45, 7) is 0. The summed E-state index contributed by atoms with van der Waals surface area (Å²) in [6.07, 6.45) is 2.19. The number of hydrogen-bond donors (Lipinski definition) is 0. The Morgan fingerprint density at radius 3 is 1.33 bits per heavy atom. The molecule has 2 aromatic rings. The minimum Gasteiger partial charge on any atom is -0.101 e. The molecule has 0 aromatic heterocycles. The van der Waals surface area contributed by atoms with Gasteiger partial charge in [-0.1, -0.05) is 72.8 Å². The highest BCUT2D eigenvalue weighted by Crippen LogP contribution is 2.38. The molecular weight excluding hydrogens is 320 g/mol. The van der Waals surface area contributed by atoms with Crippen molar-refractivity contribution in [3.05, 3.63) is 89.5 Å². The van der Waals surface area contributed by atoms with Crippen LogP contribution in [0.5, 0.6) is 0 Å². The first-order valence-electron chi connectivity index (χ1n) is 7.34. The van der Waals surface area contributed by atoms with Crippen LogP contribution in [0.4, 0.5) is 17.9 Å². The van der Waals surface area contributed by atoms with Gasteiger partial charge >= 0.3 is 0 Å². The summed E-state index contributed by atoms with van der Waals surface area (Å²) in [6, 6.07) is 14.5. The van der Waals surface area contributed by atoms with Crippen LogP contribution in [0.25, 0.3) is 5.57 Å². The van der Waals surface area contributed by atoms with Gasteiger partial charge in [-0.15, -0.1) is 17.9 Å². The molecule has 1 aliphatic carbocycles. The average Bonchev–Trinajstić information content (AvgIpc) is 3.02. The minimum atomic E-state index is -1.50. The molecule has 0 saturated carbocycles. The van der Waals surface area contributed by atoms with Crippen LogP contribution >= 0.6 is 0 Å². The summed E-state index contributed by atoms with van der Waals surface area (Å²) in [7, 11) is 0. The van der Waals surface area contributed by atoms with Crippen molar-refractivity contribution in [2.75, 3.05) is 0 Å². The predicted molar refractivity (Wildman–Crippen MR) is 83.7 cm³/mol. The van der Waals surface area contributed by atoms with E-state index in [1.54, 1.807) is 60.7 Å². The molecule has 0 aliphatic heterocycles. The second kappa shape index (κ2) is 6.98. The fourth-order valence-corrected chi connectivity index (χ4v) is 2.94. The van der Waals surface area contributed by atoms with Gasteiger partial charge in [0, 0.05) is 10.7 Å². The largest absolute Gasteiger partial charge is 0.115 e. The SMILES string of the molecule is FN(F)[C@@H]1C=C[C@@H](N(F)F)C1=C(c1ccccc1)c1ccccc1. The maximum atomic E-state index is 13.3. The third kappa shape index (κ3) is 3.11. The molecule has 3 rings (SSSR count). The van der Waals surface area contributed by atoms with Crippen molar-refractivity contribution in [1.29, 1.82) is 0 Å². The topological polar surface area (TPSA) is 6.48 Å². The smallest absolute Gasteiger partial charge is 0.101 e. The Hall–Kier alpha value is -2.44. The van der Waals surface area contributed by atoms with Crippen LogP contribution in [-0.2, 0) is 0 Å². The van der Waals surface area contributed by atoms with Gasteiger partial charge in [-0.25, -0.2) is 0 Å².